The summed E-state index contributed by atoms with van der Waals surface area (Å²) in [6, 6.07) is 9.38. The third kappa shape index (κ3) is 5.03. The van der Waals surface area contributed by atoms with E-state index < -0.39 is 0 Å². The highest BCUT2D eigenvalue weighted by Gasteiger charge is 2.25. The molecule has 174 valence electrons. The quantitative estimate of drug-likeness (QED) is 0.574. The van der Waals surface area contributed by atoms with E-state index in [1.807, 2.05) is 29.2 Å². The van der Waals surface area contributed by atoms with Crippen LogP contribution in [0.25, 0.3) is 5.65 Å². The molecule has 0 unspecified atom stereocenters. The number of carbonyl (C=O) groups excluding carboxylic acids is 1. The molecule has 2 aromatic heterocycles. The maximum Gasteiger partial charge on any atom is 0.236 e. The Bertz CT molecular complexity index is 1140. The van der Waals surface area contributed by atoms with Crippen molar-refractivity contribution >= 4 is 46.4 Å². The zero-order valence-corrected chi connectivity index (χ0v) is 19.9. The Hall–Kier alpha value is -2.55. The van der Waals surface area contributed by atoms with Gasteiger partial charge < -0.3 is 15.1 Å². The SMILES string of the molecule is O=C(CN1CCCC1)N1CCN(c2cc(NCc3ccc(Cl)cc3Cl)n3nccc3n2)CC1. The molecule has 0 atom stereocenters. The molecule has 0 radical (unpaired) electrons. The molecular formula is C23H27Cl2N7O. The minimum absolute atomic E-state index is 0.234. The zero-order chi connectivity index (χ0) is 22.8. The molecule has 0 spiro atoms. The second-order valence-electron chi connectivity index (χ2n) is 8.54. The number of amides is 1. The molecule has 8 nitrogen and oxygen atoms in total. The summed E-state index contributed by atoms with van der Waals surface area (Å²) in [6.45, 7) is 6.09. The molecule has 0 bridgehead atoms. The first-order chi connectivity index (χ1) is 16.1. The second kappa shape index (κ2) is 9.75. The van der Waals surface area contributed by atoms with Gasteiger partial charge in [0, 0.05) is 54.9 Å². The van der Waals surface area contributed by atoms with Crippen LogP contribution in [0.15, 0.2) is 36.5 Å². The molecule has 2 aliphatic rings. The number of nitrogens with zero attached hydrogens (tertiary/aromatic N) is 6. The average molecular weight is 488 g/mol. The molecule has 0 saturated carbocycles. The van der Waals surface area contributed by atoms with Crippen LogP contribution in [0.2, 0.25) is 10.0 Å². The van der Waals surface area contributed by atoms with Crippen LogP contribution < -0.4 is 10.2 Å². The maximum absolute atomic E-state index is 12.7. The summed E-state index contributed by atoms with van der Waals surface area (Å²) in [6.07, 6.45) is 4.14. The number of anilines is 2. The fraction of sp³-hybridized carbons (Fsp3) is 0.435. The van der Waals surface area contributed by atoms with Crippen molar-refractivity contribution in [3.63, 3.8) is 0 Å². The fourth-order valence-corrected chi connectivity index (χ4v) is 4.93. The molecular weight excluding hydrogens is 461 g/mol. The number of halogens is 2. The highest BCUT2D eigenvalue weighted by atomic mass is 35.5. The number of hydrogen-bond donors (Lipinski definition) is 1. The lowest BCUT2D eigenvalue weighted by Crippen LogP contribution is -2.51. The molecule has 1 N–H and O–H groups in total. The van der Waals surface area contributed by atoms with Crippen molar-refractivity contribution in [1.82, 2.24) is 24.4 Å². The number of benzene rings is 1. The van der Waals surface area contributed by atoms with Gasteiger partial charge in [0.2, 0.25) is 5.91 Å². The molecule has 33 heavy (non-hydrogen) atoms. The minimum Gasteiger partial charge on any atom is -0.366 e. The summed E-state index contributed by atoms with van der Waals surface area (Å²) in [4.78, 5) is 23.9. The standard InChI is InChI=1S/C23H27Cl2N7O/c24-18-4-3-17(19(25)13-18)15-26-21-14-22(28-20-5-6-27-32(20)21)30-9-11-31(12-10-30)23(33)16-29-7-1-2-8-29/h3-6,13-14,26H,1-2,7-12,15-16H2. The Morgan fingerprint density at radius 3 is 2.55 bits per heavy atom. The number of likely N-dealkylation sites (tertiary alicyclic amines) is 1. The predicted octanol–water partition coefficient (Wildman–Crippen LogP) is 3.39. The average Bonchev–Trinajstić information content (AvgIpc) is 3.50. The summed E-state index contributed by atoms with van der Waals surface area (Å²) in [5.41, 5.74) is 1.72. The van der Waals surface area contributed by atoms with Gasteiger partial charge in [-0.15, -0.1) is 0 Å². The zero-order valence-electron chi connectivity index (χ0n) is 18.4. The number of aromatic nitrogens is 3. The van der Waals surface area contributed by atoms with Crippen molar-refractivity contribution < 1.29 is 4.79 Å². The van der Waals surface area contributed by atoms with Gasteiger partial charge in [0.15, 0.2) is 5.65 Å². The van der Waals surface area contributed by atoms with E-state index in [1.165, 1.54) is 12.8 Å². The van der Waals surface area contributed by atoms with Crippen molar-refractivity contribution in [2.24, 2.45) is 0 Å². The van der Waals surface area contributed by atoms with Crippen molar-refractivity contribution in [1.29, 1.82) is 0 Å². The van der Waals surface area contributed by atoms with E-state index in [-0.39, 0.29) is 5.91 Å². The predicted molar refractivity (Wildman–Crippen MR) is 131 cm³/mol. The number of nitrogens with one attached hydrogen (secondary N) is 1. The Morgan fingerprint density at radius 1 is 1.00 bits per heavy atom. The summed E-state index contributed by atoms with van der Waals surface area (Å²) >= 11 is 12.4. The molecule has 4 heterocycles. The molecule has 1 amide bonds. The second-order valence-corrected chi connectivity index (χ2v) is 9.38. The number of hydrogen-bond acceptors (Lipinski definition) is 6. The molecule has 10 heteroatoms. The normalized spacial score (nSPS) is 17.2. The Labute approximate surface area is 203 Å². The first-order valence-electron chi connectivity index (χ1n) is 11.3. The lowest BCUT2D eigenvalue weighted by molar-refractivity contribution is -0.132. The highest BCUT2D eigenvalue weighted by Crippen LogP contribution is 2.24. The van der Waals surface area contributed by atoms with E-state index in [9.17, 15) is 4.79 Å². The van der Waals surface area contributed by atoms with Gasteiger partial charge >= 0.3 is 0 Å². The molecule has 1 aromatic carbocycles. The van der Waals surface area contributed by atoms with Crippen molar-refractivity contribution in [3.05, 3.63) is 52.1 Å². The minimum atomic E-state index is 0.234. The van der Waals surface area contributed by atoms with Gasteiger partial charge in [-0.3, -0.25) is 9.69 Å². The van der Waals surface area contributed by atoms with E-state index >= 15 is 0 Å². The van der Waals surface area contributed by atoms with E-state index in [2.05, 4.69) is 20.2 Å². The third-order valence-corrected chi connectivity index (χ3v) is 6.92. The van der Waals surface area contributed by atoms with Crippen LogP contribution >= 0.6 is 23.2 Å². The van der Waals surface area contributed by atoms with Crippen LogP contribution in [0.3, 0.4) is 0 Å². The molecule has 2 fully saturated rings. The van der Waals surface area contributed by atoms with Crippen LogP contribution in [0.1, 0.15) is 18.4 Å². The van der Waals surface area contributed by atoms with Crippen LogP contribution in [0, 0.1) is 0 Å². The van der Waals surface area contributed by atoms with Crippen molar-refractivity contribution in [2.75, 3.05) is 56.0 Å². The van der Waals surface area contributed by atoms with Gasteiger partial charge in [0.1, 0.15) is 11.6 Å². The van der Waals surface area contributed by atoms with Gasteiger partial charge in [-0.25, -0.2) is 4.98 Å². The molecule has 2 aliphatic heterocycles. The van der Waals surface area contributed by atoms with Crippen LogP contribution in [-0.2, 0) is 11.3 Å². The largest absolute Gasteiger partial charge is 0.366 e. The summed E-state index contributed by atoms with van der Waals surface area (Å²) < 4.78 is 1.78. The topological polar surface area (TPSA) is 69.0 Å². The smallest absolute Gasteiger partial charge is 0.236 e. The van der Waals surface area contributed by atoms with E-state index in [0.29, 0.717) is 36.2 Å². The van der Waals surface area contributed by atoms with Gasteiger partial charge in [-0.1, -0.05) is 29.3 Å². The monoisotopic (exact) mass is 487 g/mol. The molecule has 2 saturated heterocycles. The van der Waals surface area contributed by atoms with E-state index in [0.717, 1.165) is 49.0 Å². The van der Waals surface area contributed by atoms with Gasteiger partial charge in [0.05, 0.1) is 12.7 Å². The molecule has 0 aliphatic carbocycles. The summed E-state index contributed by atoms with van der Waals surface area (Å²) in [7, 11) is 0. The third-order valence-electron chi connectivity index (χ3n) is 6.33. The lowest BCUT2D eigenvalue weighted by atomic mass is 10.2. The fourth-order valence-electron chi connectivity index (χ4n) is 4.46. The first kappa shape index (κ1) is 22.3. The van der Waals surface area contributed by atoms with Crippen molar-refractivity contribution in [2.45, 2.75) is 19.4 Å². The Morgan fingerprint density at radius 2 is 1.79 bits per heavy atom. The molecule has 5 rings (SSSR count). The van der Waals surface area contributed by atoms with Crippen LogP contribution in [-0.4, -0.2) is 76.1 Å². The molecule has 3 aromatic rings. The summed E-state index contributed by atoms with van der Waals surface area (Å²) in [5, 5.41) is 9.07. The number of rotatable bonds is 6. The number of carbonyl (C=O) groups is 1. The first-order valence-corrected chi connectivity index (χ1v) is 12.1. The number of fused-ring (bicyclic) bond motifs is 1. The van der Waals surface area contributed by atoms with Crippen LogP contribution in [0.4, 0.5) is 11.6 Å². The van der Waals surface area contributed by atoms with Gasteiger partial charge in [-0.2, -0.15) is 9.61 Å². The maximum atomic E-state index is 12.7. The van der Waals surface area contributed by atoms with E-state index in [1.54, 1.807) is 16.8 Å². The number of piperazine rings is 1. The lowest BCUT2D eigenvalue weighted by Gasteiger charge is -2.36. The van der Waals surface area contributed by atoms with Gasteiger partial charge in [-0.05, 0) is 43.6 Å². The van der Waals surface area contributed by atoms with Gasteiger partial charge in [0.25, 0.3) is 0 Å². The highest BCUT2D eigenvalue weighted by molar-refractivity contribution is 6.35. The summed E-state index contributed by atoms with van der Waals surface area (Å²) in [5.74, 6) is 1.94. The Kier molecular flexibility index (Phi) is 6.57. The van der Waals surface area contributed by atoms with Crippen LogP contribution in [0.5, 0.6) is 0 Å². The van der Waals surface area contributed by atoms with E-state index in [4.69, 9.17) is 28.2 Å². The Balaban J connectivity index is 1.26. The van der Waals surface area contributed by atoms with Crippen molar-refractivity contribution in [3.8, 4) is 0 Å².